The zero-order valence-corrected chi connectivity index (χ0v) is 11.3. The number of nitrogens with zero attached hydrogens (tertiary/aromatic N) is 3. The number of hydrogen-bond acceptors (Lipinski definition) is 3. The van der Waals surface area contributed by atoms with Crippen LogP contribution in [0.4, 0.5) is 11.4 Å². The molecule has 0 radical (unpaired) electrons. The van der Waals surface area contributed by atoms with Crippen LogP contribution in [-0.2, 0) is 19.5 Å². The van der Waals surface area contributed by atoms with E-state index in [2.05, 4.69) is 35.3 Å². The van der Waals surface area contributed by atoms with Crippen molar-refractivity contribution in [2.45, 2.75) is 32.9 Å². The number of benzene rings is 1. The summed E-state index contributed by atoms with van der Waals surface area (Å²) >= 11 is 0. The first-order valence-electron chi connectivity index (χ1n) is 6.91. The Balaban J connectivity index is 1.83. The van der Waals surface area contributed by atoms with Gasteiger partial charge in [-0.15, -0.1) is 0 Å². The minimum absolute atomic E-state index is 0.861. The van der Waals surface area contributed by atoms with Gasteiger partial charge >= 0.3 is 0 Å². The van der Waals surface area contributed by atoms with Gasteiger partial charge in [-0.05, 0) is 43.5 Å². The molecule has 0 unspecified atom stereocenters. The van der Waals surface area contributed by atoms with Crippen molar-refractivity contribution >= 4 is 11.4 Å². The number of nitrogen functional groups attached to an aromatic ring is 1. The minimum atomic E-state index is 0.861. The molecule has 1 aliphatic rings. The third-order valence-corrected chi connectivity index (χ3v) is 3.70. The third kappa shape index (κ3) is 2.43. The van der Waals surface area contributed by atoms with Gasteiger partial charge in [0.05, 0.1) is 6.20 Å². The van der Waals surface area contributed by atoms with Crippen LogP contribution in [-0.4, -0.2) is 16.3 Å². The van der Waals surface area contributed by atoms with E-state index >= 15 is 0 Å². The summed E-state index contributed by atoms with van der Waals surface area (Å²) in [5.74, 6) is 0. The van der Waals surface area contributed by atoms with Gasteiger partial charge in [-0.25, -0.2) is 0 Å². The van der Waals surface area contributed by atoms with Crippen LogP contribution in [0.15, 0.2) is 30.6 Å². The van der Waals surface area contributed by atoms with Gasteiger partial charge in [0.15, 0.2) is 0 Å². The maximum atomic E-state index is 5.87. The van der Waals surface area contributed by atoms with Gasteiger partial charge in [0.25, 0.3) is 0 Å². The maximum absolute atomic E-state index is 5.87. The summed E-state index contributed by atoms with van der Waals surface area (Å²) in [6.45, 7) is 5.06. The Morgan fingerprint density at radius 2 is 2.26 bits per heavy atom. The van der Waals surface area contributed by atoms with Gasteiger partial charge in [-0.3, -0.25) is 4.68 Å². The van der Waals surface area contributed by atoms with Gasteiger partial charge in [0.2, 0.25) is 0 Å². The molecule has 4 heteroatoms. The fourth-order valence-electron chi connectivity index (χ4n) is 2.74. The van der Waals surface area contributed by atoms with Gasteiger partial charge in [-0.2, -0.15) is 5.10 Å². The highest BCUT2D eigenvalue weighted by Gasteiger charge is 2.17. The zero-order chi connectivity index (χ0) is 13.2. The highest BCUT2D eigenvalue weighted by Crippen LogP contribution is 2.29. The lowest BCUT2D eigenvalue weighted by atomic mass is 10.0. The standard InChI is InChI=1S/C15H20N4/c1-2-19-11-12(9-17-19)10-18-7-3-4-13-8-14(16)5-6-15(13)18/h5-6,8-9,11H,2-4,7,10,16H2,1H3. The fraction of sp³-hybridized carbons (Fsp3) is 0.400. The Kier molecular flexibility index (Phi) is 3.15. The predicted octanol–water partition coefficient (Wildman–Crippen LogP) is 2.44. The molecule has 0 fully saturated rings. The van der Waals surface area contributed by atoms with E-state index in [4.69, 9.17) is 5.73 Å². The molecule has 1 aromatic heterocycles. The zero-order valence-electron chi connectivity index (χ0n) is 11.3. The van der Waals surface area contributed by atoms with Gasteiger partial charge in [0, 0.05) is 42.8 Å². The van der Waals surface area contributed by atoms with E-state index in [-0.39, 0.29) is 0 Å². The molecule has 0 saturated heterocycles. The molecule has 0 spiro atoms. The van der Waals surface area contributed by atoms with Crippen LogP contribution in [0.3, 0.4) is 0 Å². The average Bonchev–Trinajstić information content (AvgIpc) is 2.86. The molecule has 2 N–H and O–H groups in total. The molecular formula is C15H20N4. The molecule has 0 atom stereocenters. The Bertz CT molecular complexity index is 573. The molecular weight excluding hydrogens is 236 g/mol. The van der Waals surface area contributed by atoms with Crippen molar-refractivity contribution in [3.63, 3.8) is 0 Å². The van der Waals surface area contributed by atoms with E-state index in [0.29, 0.717) is 0 Å². The second-order valence-corrected chi connectivity index (χ2v) is 5.12. The second kappa shape index (κ2) is 4.96. The lowest BCUT2D eigenvalue weighted by Crippen LogP contribution is -2.28. The van der Waals surface area contributed by atoms with E-state index in [1.165, 1.54) is 23.2 Å². The van der Waals surface area contributed by atoms with Crippen molar-refractivity contribution in [2.75, 3.05) is 17.2 Å². The maximum Gasteiger partial charge on any atom is 0.0539 e. The summed E-state index contributed by atoms with van der Waals surface area (Å²) in [6, 6.07) is 6.25. The van der Waals surface area contributed by atoms with E-state index in [1.807, 2.05) is 16.9 Å². The molecule has 1 aromatic carbocycles. The largest absolute Gasteiger partial charge is 0.399 e. The molecule has 100 valence electrons. The van der Waals surface area contributed by atoms with Crippen molar-refractivity contribution in [3.8, 4) is 0 Å². The number of aryl methyl sites for hydroxylation is 2. The lowest BCUT2D eigenvalue weighted by Gasteiger charge is -2.31. The van der Waals surface area contributed by atoms with Crippen molar-refractivity contribution in [1.29, 1.82) is 0 Å². The lowest BCUT2D eigenvalue weighted by molar-refractivity contribution is 0.657. The van der Waals surface area contributed by atoms with Crippen molar-refractivity contribution in [1.82, 2.24) is 9.78 Å². The summed E-state index contributed by atoms with van der Waals surface area (Å²) in [4.78, 5) is 2.43. The molecule has 2 heterocycles. The number of rotatable bonds is 3. The first-order chi connectivity index (χ1) is 9.26. The van der Waals surface area contributed by atoms with Crippen molar-refractivity contribution in [3.05, 3.63) is 41.7 Å². The summed E-state index contributed by atoms with van der Waals surface area (Å²) in [6.07, 6.45) is 6.42. The van der Waals surface area contributed by atoms with Crippen molar-refractivity contribution in [2.24, 2.45) is 0 Å². The highest BCUT2D eigenvalue weighted by atomic mass is 15.3. The summed E-state index contributed by atoms with van der Waals surface area (Å²) in [5, 5.41) is 4.34. The van der Waals surface area contributed by atoms with Crippen LogP contribution in [0.5, 0.6) is 0 Å². The van der Waals surface area contributed by atoms with Crippen LogP contribution in [0.25, 0.3) is 0 Å². The molecule has 0 amide bonds. The van der Waals surface area contributed by atoms with E-state index in [0.717, 1.165) is 31.7 Å². The van der Waals surface area contributed by atoms with E-state index in [9.17, 15) is 0 Å². The molecule has 2 aromatic rings. The van der Waals surface area contributed by atoms with Crippen LogP contribution >= 0.6 is 0 Å². The minimum Gasteiger partial charge on any atom is -0.399 e. The number of aromatic nitrogens is 2. The Hall–Kier alpha value is -1.97. The number of hydrogen-bond donors (Lipinski definition) is 1. The quantitative estimate of drug-likeness (QED) is 0.858. The molecule has 1 aliphatic heterocycles. The topological polar surface area (TPSA) is 47.1 Å². The van der Waals surface area contributed by atoms with Crippen LogP contribution in [0.1, 0.15) is 24.5 Å². The Morgan fingerprint density at radius 1 is 1.37 bits per heavy atom. The molecule has 0 bridgehead atoms. The second-order valence-electron chi connectivity index (χ2n) is 5.12. The molecule has 3 rings (SSSR count). The fourth-order valence-corrected chi connectivity index (χ4v) is 2.74. The normalized spacial score (nSPS) is 14.5. The highest BCUT2D eigenvalue weighted by molar-refractivity contribution is 5.61. The van der Waals surface area contributed by atoms with Crippen LogP contribution < -0.4 is 10.6 Å². The van der Waals surface area contributed by atoms with E-state index in [1.54, 1.807) is 0 Å². The van der Waals surface area contributed by atoms with Gasteiger partial charge in [0.1, 0.15) is 0 Å². The first kappa shape index (κ1) is 12.1. The molecule has 0 aliphatic carbocycles. The average molecular weight is 256 g/mol. The summed E-state index contributed by atoms with van der Waals surface area (Å²) < 4.78 is 1.98. The number of nitrogens with two attached hydrogens (primary N) is 1. The molecule has 0 saturated carbocycles. The summed E-state index contributed by atoms with van der Waals surface area (Å²) in [5.41, 5.74) is 10.7. The molecule has 19 heavy (non-hydrogen) atoms. The molecule has 4 nitrogen and oxygen atoms in total. The van der Waals surface area contributed by atoms with Crippen LogP contribution in [0.2, 0.25) is 0 Å². The SMILES string of the molecule is CCn1cc(CN2CCCc3cc(N)ccc32)cn1. The number of anilines is 2. The van der Waals surface area contributed by atoms with Gasteiger partial charge in [-0.1, -0.05) is 0 Å². The first-order valence-corrected chi connectivity index (χ1v) is 6.91. The van der Waals surface area contributed by atoms with E-state index < -0.39 is 0 Å². The predicted molar refractivity (Wildman–Crippen MR) is 78.1 cm³/mol. The van der Waals surface area contributed by atoms with Crippen molar-refractivity contribution < 1.29 is 0 Å². The monoisotopic (exact) mass is 256 g/mol. The Morgan fingerprint density at radius 3 is 3.05 bits per heavy atom. The Labute approximate surface area is 113 Å². The third-order valence-electron chi connectivity index (χ3n) is 3.70. The number of fused-ring (bicyclic) bond motifs is 1. The van der Waals surface area contributed by atoms with Gasteiger partial charge < -0.3 is 10.6 Å². The smallest absolute Gasteiger partial charge is 0.0539 e. The summed E-state index contributed by atoms with van der Waals surface area (Å²) in [7, 11) is 0. The van der Waals surface area contributed by atoms with Crippen LogP contribution in [0, 0.1) is 0 Å².